The van der Waals surface area contributed by atoms with Crippen LogP contribution < -0.4 is 29.6 Å². The minimum atomic E-state index is -5.00. The molecular formula is C4F6N3Na. The molecule has 0 unspecified atom stereocenters. The zero-order chi connectivity index (χ0) is 10.3. The molecule has 0 atom stereocenters. The first-order valence-corrected chi connectivity index (χ1v) is 2.73. The maximum Gasteiger partial charge on any atom is 1.00 e. The Bertz CT molecular complexity index is 272. The maximum absolute atomic E-state index is 11.7. The summed E-state index contributed by atoms with van der Waals surface area (Å²) < 4.78 is 69.9. The molecule has 0 radical (unpaired) electrons. The molecule has 0 N–H and O–H groups in total. The van der Waals surface area contributed by atoms with Crippen LogP contribution in [0.15, 0.2) is 0 Å². The molecule has 1 rings (SSSR count). The SMILES string of the molecule is FC(F)(F)c1nn[c-](C(F)(F)F)n1.[Na+]. The van der Waals surface area contributed by atoms with Crippen molar-refractivity contribution < 1.29 is 55.9 Å². The molecule has 0 aliphatic rings. The fourth-order valence-corrected chi connectivity index (χ4v) is 0.480. The monoisotopic (exact) mass is 227 g/mol. The van der Waals surface area contributed by atoms with E-state index in [0.717, 1.165) is 0 Å². The molecular weight excluding hydrogens is 227 g/mol. The van der Waals surface area contributed by atoms with E-state index in [-0.39, 0.29) is 29.6 Å². The van der Waals surface area contributed by atoms with Crippen LogP contribution in [-0.2, 0) is 12.4 Å². The Morgan fingerprint density at radius 2 is 1.50 bits per heavy atom. The van der Waals surface area contributed by atoms with Crippen LogP contribution in [0.4, 0.5) is 26.3 Å². The number of aromatic nitrogens is 3. The third-order valence-corrected chi connectivity index (χ3v) is 0.958. The predicted octanol–water partition coefficient (Wildman–Crippen LogP) is -1.37. The van der Waals surface area contributed by atoms with Gasteiger partial charge in [0.25, 0.3) is 0 Å². The zero-order valence-electron chi connectivity index (χ0n) is 6.61. The van der Waals surface area contributed by atoms with Gasteiger partial charge in [-0.05, 0) is 0 Å². The number of halogens is 6. The average molecular weight is 227 g/mol. The van der Waals surface area contributed by atoms with Gasteiger partial charge in [-0.25, -0.2) is 10.2 Å². The van der Waals surface area contributed by atoms with Gasteiger partial charge in [0.1, 0.15) is 0 Å². The van der Waals surface area contributed by atoms with Gasteiger partial charge in [-0.15, -0.1) is 0 Å². The molecule has 10 heteroatoms. The van der Waals surface area contributed by atoms with Gasteiger partial charge in [-0.1, -0.05) is 0 Å². The maximum atomic E-state index is 11.7. The third kappa shape index (κ3) is 3.14. The van der Waals surface area contributed by atoms with E-state index >= 15 is 0 Å². The Labute approximate surface area is 95.2 Å². The van der Waals surface area contributed by atoms with Gasteiger partial charge in [0.15, 0.2) is 0 Å². The van der Waals surface area contributed by atoms with Crippen LogP contribution >= 0.6 is 0 Å². The number of rotatable bonds is 0. The predicted molar refractivity (Wildman–Crippen MR) is 25.4 cm³/mol. The topological polar surface area (TPSA) is 38.7 Å². The molecule has 0 fully saturated rings. The van der Waals surface area contributed by atoms with E-state index in [4.69, 9.17) is 0 Å². The van der Waals surface area contributed by atoms with Gasteiger partial charge in [0, 0.05) is 0 Å². The second kappa shape index (κ2) is 4.07. The van der Waals surface area contributed by atoms with E-state index in [9.17, 15) is 26.3 Å². The molecule has 0 aromatic carbocycles. The fourth-order valence-electron chi connectivity index (χ4n) is 0.480. The molecule has 14 heavy (non-hydrogen) atoms. The summed E-state index contributed by atoms with van der Waals surface area (Å²) in [5.41, 5.74) is 0. The van der Waals surface area contributed by atoms with Crippen molar-refractivity contribution in [1.82, 2.24) is 15.2 Å². The summed E-state index contributed by atoms with van der Waals surface area (Å²) in [5.74, 6) is -3.78. The van der Waals surface area contributed by atoms with Crippen molar-refractivity contribution in [3.63, 3.8) is 0 Å². The first-order chi connectivity index (χ1) is 5.71. The van der Waals surface area contributed by atoms with E-state index in [1.165, 1.54) is 0 Å². The van der Waals surface area contributed by atoms with E-state index in [1.807, 2.05) is 0 Å². The Hall–Kier alpha value is -0.280. The van der Waals surface area contributed by atoms with Gasteiger partial charge >= 0.3 is 41.9 Å². The normalized spacial score (nSPS) is 12.4. The van der Waals surface area contributed by atoms with Crippen molar-refractivity contribution in [2.24, 2.45) is 0 Å². The molecule has 1 aromatic rings. The van der Waals surface area contributed by atoms with Crippen LogP contribution in [0.2, 0.25) is 0 Å². The number of hydrogen-bond donors (Lipinski definition) is 0. The van der Waals surface area contributed by atoms with E-state index < -0.39 is 24.0 Å². The molecule has 3 nitrogen and oxygen atoms in total. The van der Waals surface area contributed by atoms with Crippen molar-refractivity contribution in [2.45, 2.75) is 12.4 Å². The van der Waals surface area contributed by atoms with Crippen molar-refractivity contribution >= 4 is 0 Å². The second-order valence-corrected chi connectivity index (χ2v) is 1.95. The summed E-state index contributed by atoms with van der Waals surface area (Å²) in [7, 11) is 0. The molecule has 0 spiro atoms. The van der Waals surface area contributed by atoms with Crippen molar-refractivity contribution in [1.29, 1.82) is 0 Å². The van der Waals surface area contributed by atoms with Crippen molar-refractivity contribution in [2.75, 3.05) is 0 Å². The van der Waals surface area contributed by atoms with E-state index in [0.29, 0.717) is 0 Å². The molecule has 0 amide bonds. The van der Waals surface area contributed by atoms with Crippen molar-refractivity contribution in [3.05, 3.63) is 11.6 Å². The largest absolute Gasteiger partial charge is 1.00 e. The minimum Gasteiger partial charge on any atom is -0.391 e. The Balaban J connectivity index is 0.00000169. The van der Waals surface area contributed by atoms with Crippen LogP contribution in [0.25, 0.3) is 0 Å². The number of nitrogens with zero attached hydrogens (tertiary/aromatic N) is 3. The molecule has 1 heterocycles. The molecule has 0 saturated heterocycles. The summed E-state index contributed by atoms with van der Waals surface area (Å²) in [6, 6.07) is 0. The molecule has 0 aliphatic carbocycles. The first kappa shape index (κ1) is 13.7. The summed E-state index contributed by atoms with van der Waals surface area (Å²) in [4.78, 5) is 2.18. The molecule has 74 valence electrons. The molecule has 1 aromatic heterocycles. The van der Waals surface area contributed by atoms with Gasteiger partial charge in [0.2, 0.25) is 0 Å². The molecule has 0 saturated carbocycles. The molecule has 0 aliphatic heterocycles. The number of hydrogen-bond acceptors (Lipinski definition) is 3. The quantitative estimate of drug-likeness (QED) is 0.312. The smallest absolute Gasteiger partial charge is 0.391 e. The van der Waals surface area contributed by atoms with Gasteiger partial charge in [-0.2, -0.15) is 26.3 Å². The minimum absolute atomic E-state index is 0. The summed E-state index contributed by atoms with van der Waals surface area (Å²) >= 11 is 0. The molecule has 0 bridgehead atoms. The summed E-state index contributed by atoms with van der Waals surface area (Å²) in [5, 5.41) is 4.50. The third-order valence-electron chi connectivity index (χ3n) is 0.958. The van der Waals surface area contributed by atoms with Crippen LogP contribution in [0.5, 0.6) is 0 Å². The first-order valence-electron chi connectivity index (χ1n) is 2.73. The van der Waals surface area contributed by atoms with Crippen LogP contribution in [0.1, 0.15) is 11.6 Å². The zero-order valence-corrected chi connectivity index (χ0v) is 8.61. The van der Waals surface area contributed by atoms with Crippen LogP contribution in [-0.4, -0.2) is 15.2 Å². The van der Waals surface area contributed by atoms with Gasteiger partial charge in [-0.3, -0.25) is 0 Å². The standard InChI is InChI=1S/C4F6N3.Na/c5-3(6,7)1-11-2(13-12-1)4(8,9)10;/q-1;+1. The van der Waals surface area contributed by atoms with Crippen molar-refractivity contribution in [3.8, 4) is 0 Å². The Morgan fingerprint density at radius 1 is 1.00 bits per heavy atom. The average Bonchev–Trinajstić information content (AvgIpc) is 2.28. The number of alkyl halides is 6. The summed E-state index contributed by atoms with van der Waals surface area (Å²) in [6.07, 6.45) is -10.0. The second-order valence-electron chi connectivity index (χ2n) is 1.95. The Kier molecular flexibility index (Phi) is 3.99. The summed E-state index contributed by atoms with van der Waals surface area (Å²) in [6.45, 7) is 0. The van der Waals surface area contributed by atoms with Gasteiger partial charge in [0.05, 0.1) is 11.6 Å². The van der Waals surface area contributed by atoms with E-state index in [1.54, 1.807) is 0 Å². The van der Waals surface area contributed by atoms with E-state index in [2.05, 4.69) is 15.2 Å². The van der Waals surface area contributed by atoms with Gasteiger partial charge < -0.3 is 4.98 Å². The fraction of sp³-hybridized carbons (Fsp3) is 0.500. The van der Waals surface area contributed by atoms with Crippen LogP contribution in [0, 0.1) is 0 Å². The van der Waals surface area contributed by atoms with Crippen LogP contribution in [0.3, 0.4) is 0 Å². The Morgan fingerprint density at radius 3 is 1.71 bits per heavy atom.